The Hall–Kier alpha value is -9.30. The van der Waals surface area contributed by atoms with Gasteiger partial charge in [0, 0.05) is 60.1 Å². The van der Waals surface area contributed by atoms with E-state index in [1.165, 1.54) is 21.0 Å². The second-order valence-electron chi connectivity index (χ2n) is 29.4. The molecule has 0 N–H and O–H groups in total. The first-order chi connectivity index (χ1) is 55.2. The molecule has 0 spiro atoms. The zero-order valence-electron chi connectivity index (χ0n) is 65.8. The number of nitrogens with zero attached hydrogens (tertiary/aromatic N) is 10. The van der Waals surface area contributed by atoms with Gasteiger partial charge in [0.05, 0.1) is 74.5 Å². The highest BCUT2D eigenvalue weighted by molar-refractivity contribution is 5.89. The highest BCUT2D eigenvalue weighted by Crippen LogP contribution is 2.44. The van der Waals surface area contributed by atoms with E-state index in [1.54, 1.807) is 56.0 Å². The minimum absolute atomic E-state index is 0.000845. The normalized spacial score (nSPS) is 31.3. The summed E-state index contributed by atoms with van der Waals surface area (Å²) in [7, 11) is 1.18. The molecule has 5 aromatic carbocycles. The molecule has 32 heteroatoms. The number of hydrogen-bond donors (Lipinski definition) is 0. The Balaban J connectivity index is 0.886. The van der Waals surface area contributed by atoms with Crippen LogP contribution < -0.4 is 0 Å². The van der Waals surface area contributed by atoms with E-state index in [4.69, 9.17) is 80.5 Å². The topological polar surface area (TPSA) is 392 Å². The SMILES string of the molecule is COC(=O)C1O[C@@H](O[C@@H]2C(COC(C)=O)O[C@H](O[C@H]3C(C)O[C@@H](O[C@@H]4C(COC(=O)c5ccccc5)O[C@@H](OCCCCCN(Cc5ccccc5)C(=O)OCc5ccccc5)C(N=[N+]=[N-])[C@H]4C)C(C)[C@@H]3OCc3ccccc3)C(N=[N+]=[N-])[C@H]2C)C(OCc2ccccc2)[C@@H](C)[C@@H]1O[C@H]1OC(COC(C)=O)[C@@H](C)[C@H](C)C1N=[N+]=[N-]. The summed E-state index contributed by atoms with van der Waals surface area (Å²) in [5.41, 5.74) is 34.2. The number of amides is 1. The minimum atomic E-state index is -1.57. The van der Waals surface area contributed by atoms with Crippen molar-refractivity contribution < 1.29 is 104 Å². The molecule has 5 fully saturated rings. The van der Waals surface area contributed by atoms with Gasteiger partial charge in [-0.05, 0) is 101 Å². The van der Waals surface area contributed by atoms with Crippen LogP contribution in [-0.2, 0) is 121 Å². The van der Waals surface area contributed by atoms with Gasteiger partial charge in [0.25, 0.3) is 0 Å². The minimum Gasteiger partial charge on any atom is -0.467 e. The van der Waals surface area contributed by atoms with Gasteiger partial charge in [0.1, 0.15) is 56.9 Å². The van der Waals surface area contributed by atoms with E-state index < -0.39 is 177 Å². The molecule has 5 aromatic rings. The Morgan fingerprint density at radius 3 is 1.41 bits per heavy atom. The van der Waals surface area contributed by atoms with Crippen LogP contribution in [0.4, 0.5) is 4.79 Å². The molecule has 614 valence electrons. The second kappa shape index (κ2) is 43.4. The number of azide groups is 3. The van der Waals surface area contributed by atoms with Gasteiger partial charge in [0.15, 0.2) is 37.6 Å². The molecule has 5 saturated heterocycles. The van der Waals surface area contributed by atoms with Crippen molar-refractivity contribution >= 4 is 30.0 Å². The third kappa shape index (κ3) is 23.5. The molecule has 32 nitrogen and oxygen atoms in total. The van der Waals surface area contributed by atoms with Crippen molar-refractivity contribution in [1.29, 1.82) is 0 Å². The highest BCUT2D eigenvalue weighted by Gasteiger charge is 2.57. The molecule has 0 radical (unpaired) electrons. The van der Waals surface area contributed by atoms with Gasteiger partial charge in [-0.3, -0.25) is 9.59 Å². The predicted octanol–water partition coefficient (Wildman–Crippen LogP) is 13.4. The van der Waals surface area contributed by atoms with Crippen LogP contribution in [0, 0.1) is 35.5 Å². The van der Waals surface area contributed by atoms with Crippen molar-refractivity contribution in [2.75, 3.05) is 40.1 Å². The van der Waals surface area contributed by atoms with Gasteiger partial charge < -0.3 is 85.4 Å². The molecule has 5 aliphatic rings. The van der Waals surface area contributed by atoms with Crippen LogP contribution in [0.15, 0.2) is 167 Å². The molecule has 0 aromatic heterocycles. The molecule has 5 aliphatic heterocycles. The number of benzene rings is 5. The number of esters is 4. The van der Waals surface area contributed by atoms with Gasteiger partial charge in [-0.25, -0.2) is 14.4 Å². The lowest BCUT2D eigenvalue weighted by Crippen LogP contribution is -2.64. The number of ether oxygens (including phenoxy) is 17. The van der Waals surface area contributed by atoms with E-state index in [1.807, 2.05) is 149 Å². The fraction of sp³-hybridized carbons (Fsp3) is 0.573. The molecule has 1 amide bonds. The fourth-order valence-corrected chi connectivity index (χ4v) is 15.0. The summed E-state index contributed by atoms with van der Waals surface area (Å²) < 4.78 is 110. The van der Waals surface area contributed by atoms with Crippen molar-refractivity contribution in [1.82, 2.24) is 4.90 Å². The van der Waals surface area contributed by atoms with Crippen molar-refractivity contribution in [3.8, 4) is 0 Å². The molecule has 5 heterocycles. The first-order valence-corrected chi connectivity index (χ1v) is 38.7. The monoisotopic (exact) mass is 1580 g/mol. The second-order valence-corrected chi connectivity index (χ2v) is 29.4. The summed E-state index contributed by atoms with van der Waals surface area (Å²) in [6.45, 7) is 15.3. The Bertz CT molecular complexity index is 4010. The van der Waals surface area contributed by atoms with Crippen molar-refractivity contribution in [3.05, 3.63) is 211 Å². The maximum atomic E-state index is 14.2. The van der Waals surface area contributed by atoms with Crippen LogP contribution in [-0.4, -0.2) is 192 Å². The number of carbonyl (C=O) groups is 5. The molecule has 0 aliphatic carbocycles. The Labute approximate surface area is 663 Å². The number of rotatable bonds is 36. The van der Waals surface area contributed by atoms with Crippen LogP contribution in [0.25, 0.3) is 31.3 Å². The molecule has 10 unspecified atom stereocenters. The summed E-state index contributed by atoms with van der Waals surface area (Å²) >= 11 is 0. The average molecular weight is 1580 g/mol. The van der Waals surface area contributed by atoms with Gasteiger partial charge in [-0.15, -0.1) is 0 Å². The summed E-state index contributed by atoms with van der Waals surface area (Å²) in [5, 5.41) is 12.6. The van der Waals surface area contributed by atoms with Crippen LogP contribution in [0.3, 0.4) is 0 Å². The third-order valence-electron chi connectivity index (χ3n) is 21.6. The van der Waals surface area contributed by atoms with Crippen LogP contribution >= 0.6 is 0 Å². The van der Waals surface area contributed by atoms with Gasteiger partial charge in [0.2, 0.25) is 0 Å². The van der Waals surface area contributed by atoms with E-state index in [2.05, 4.69) is 30.1 Å². The molecule has 0 bridgehead atoms. The molecular formula is C82H104N10O22. The van der Waals surface area contributed by atoms with Crippen molar-refractivity contribution in [2.45, 2.75) is 225 Å². The van der Waals surface area contributed by atoms with E-state index >= 15 is 0 Å². The van der Waals surface area contributed by atoms with E-state index in [-0.39, 0.29) is 51.5 Å². The number of hydrogen-bond acceptors (Lipinski definition) is 25. The first kappa shape index (κ1) is 87.1. The number of carbonyl (C=O) groups excluding carboxylic acids is 5. The smallest absolute Gasteiger partial charge is 0.410 e. The summed E-state index contributed by atoms with van der Waals surface area (Å²) in [6.07, 6.45) is -17.2. The zero-order chi connectivity index (χ0) is 81.2. The lowest BCUT2D eigenvalue weighted by atomic mass is 9.82. The first-order valence-electron chi connectivity index (χ1n) is 38.7. The molecular weight excluding hydrogens is 1480 g/mol. The van der Waals surface area contributed by atoms with Gasteiger partial charge >= 0.3 is 30.0 Å². The Morgan fingerprint density at radius 1 is 0.412 bits per heavy atom. The molecule has 25 atom stereocenters. The summed E-state index contributed by atoms with van der Waals surface area (Å²) in [4.78, 5) is 77.8. The number of unbranched alkanes of at least 4 members (excludes halogenated alkanes) is 2. The van der Waals surface area contributed by atoms with Gasteiger partial charge in [-0.1, -0.05) is 196 Å². The maximum Gasteiger partial charge on any atom is 0.410 e. The largest absolute Gasteiger partial charge is 0.467 e. The fourth-order valence-electron chi connectivity index (χ4n) is 15.0. The maximum absolute atomic E-state index is 14.2. The Morgan fingerprint density at radius 2 is 0.868 bits per heavy atom. The summed E-state index contributed by atoms with van der Waals surface area (Å²) in [6, 6.07) is 43.1. The zero-order valence-corrected chi connectivity index (χ0v) is 65.8. The molecule has 114 heavy (non-hydrogen) atoms. The quantitative estimate of drug-likeness (QED) is 0.00897. The predicted molar refractivity (Wildman–Crippen MR) is 408 cm³/mol. The summed E-state index contributed by atoms with van der Waals surface area (Å²) in [5.74, 6) is -6.54. The van der Waals surface area contributed by atoms with Crippen LogP contribution in [0.1, 0.15) is 114 Å². The van der Waals surface area contributed by atoms with E-state index in [0.717, 1.165) is 22.3 Å². The van der Waals surface area contributed by atoms with E-state index in [0.29, 0.717) is 37.9 Å². The standard InChI is InChI=1S/C82H104N10O22/c1-48-49(2)65(86-89-83)79(107-62(48)45-100-55(8)93)112-71-52(5)72(103-43-59-33-21-13-22-34-59)81(114-74(71)76(96)98-10)111-69-51(4)67(88-91-85)80(109-63(69)46-101-56(9)94)113-73-54(7)106-77(53(6)70(73)102-42-58-31-19-12-20-32-58)110-68-50(3)66(87-90-84)78(108-64(68)47-104-75(95)61-37-25-15-26-38-61)99-40-28-16-27-39-92(41-57-29-17-11-18-30-57)82(97)105-44-60-35-23-14-24-36-60/h11-15,17-26,29-38,48-54,62-74,77-81H,16,27-28,39-47H2,1-10H3/t48-,49-,50+,51+,52-,53?,54?,62?,63?,64?,65?,66?,67?,68-,69-,70-,71-,72?,73-,74?,77-,78+,79+,80+,81+/m0/s1. The Kier molecular flexibility index (Phi) is 33.2. The van der Waals surface area contributed by atoms with Crippen molar-refractivity contribution in [3.63, 3.8) is 0 Å². The molecule has 0 saturated carbocycles. The lowest BCUT2D eigenvalue weighted by molar-refractivity contribution is -0.368. The van der Waals surface area contributed by atoms with Crippen LogP contribution in [0.2, 0.25) is 0 Å². The van der Waals surface area contributed by atoms with Gasteiger partial charge in [-0.2, -0.15) is 0 Å². The number of methoxy groups -OCH3 is 1. The third-order valence-corrected chi connectivity index (χ3v) is 21.6. The average Bonchev–Trinajstić information content (AvgIpc) is 0.772. The molecule has 10 rings (SSSR count). The van der Waals surface area contributed by atoms with Crippen LogP contribution in [0.5, 0.6) is 0 Å². The van der Waals surface area contributed by atoms with E-state index in [9.17, 15) is 40.6 Å². The van der Waals surface area contributed by atoms with Crippen molar-refractivity contribution in [2.24, 2.45) is 50.9 Å². The highest BCUT2D eigenvalue weighted by atomic mass is 16.8. The lowest BCUT2D eigenvalue weighted by Gasteiger charge is -2.51.